The molecule has 0 atom stereocenters. The Hall–Kier alpha value is 0.858. The molecule has 0 aliphatic carbocycles. The second-order valence-electron chi connectivity index (χ2n) is 1.19. The Bertz CT molecular complexity index is 151. The van der Waals surface area contributed by atoms with Crippen molar-refractivity contribution in [3.63, 3.8) is 0 Å². The zero-order chi connectivity index (χ0) is 7.71. The quantitative estimate of drug-likeness (QED) is 0.347. The van der Waals surface area contributed by atoms with Crippen molar-refractivity contribution in [2.45, 2.75) is 0 Å². The second kappa shape index (κ2) is 2.85. The van der Waals surface area contributed by atoms with Gasteiger partial charge in [0.15, 0.2) is 0 Å². The predicted octanol–water partition coefficient (Wildman–Crippen LogP) is -1.39. The van der Waals surface area contributed by atoms with Gasteiger partial charge in [-0.3, -0.25) is 0 Å². The van der Waals surface area contributed by atoms with E-state index < -0.39 is 27.1 Å². The van der Waals surface area contributed by atoms with Gasteiger partial charge >= 0.3 is 55.9 Å². The van der Waals surface area contributed by atoms with Crippen LogP contribution in [0.3, 0.4) is 0 Å². The third-order valence-electron chi connectivity index (χ3n) is 0.261. The summed E-state index contributed by atoms with van der Waals surface area (Å²) in [5, 5.41) is 0. The van der Waals surface area contributed by atoms with Gasteiger partial charge in [-0.15, -0.1) is 0 Å². The fourth-order valence-corrected chi connectivity index (χ4v) is 7.94. The molecule has 0 bridgehead atoms. The van der Waals surface area contributed by atoms with Gasteiger partial charge in [-0.05, 0) is 0 Å². The van der Waals surface area contributed by atoms with Crippen LogP contribution in [0.5, 0.6) is 0 Å². The van der Waals surface area contributed by atoms with Crippen molar-refractivity contribution in [1.29, 1.82) is 0 Å². The maximum atomic E-state index is 9.90. The summed E-state index contributed by atoms with van der Waals surface area (Å²) in [7, 11) is 0. The van der Waals surface area contributed by atoms with Gasteiger partial charge in [0, 0.05) is 0 Å². The number of hydrogen-bond donors (Lipinski definition) is 4. The van der Waals surface area contributed by atoms with Gasteiger partial charge < -0.3 is 0 Å². The van der Waals surface area contributed by atoms with E-state index in [1.54, 1.807) is 0 Å². The van der Waals surface area contributed by atoms with Crippen molar-refractivity contribution in [2.24, 2.45) is 0 Å². The van der Waals surface area contributed by atoms with Crippen molar-refractivity contribution in [3.8, 4) is 0 Å². The van der Waals surface area contributed by atoms with Gasteiger partial charge in [0.1, 0.15) is 0 Å². The van der Waals surface area contributed by atoms with Crippen LogP contribution in [0.25, 0.3) is 0 Å². The molecule has 0 aliphatic rings. The van der Waals surface area contributed by atoms with Crippen LogP contribution < -0.4 is 0 Å². The SMILES string of the molecule is O=P(O)(O)[AsH]P(=O)(O)O. The molecule has 56 valence electrons. The monoisotopic (exact) mass is 238 g/mol. The molecule has 0 spiro atoms. The molecule has 0 aromatic heterocycles. The summed E-state index contributed by atoms with van der Waals surface area (Å²) in [6.45, 7) is 0. The van der Waals surface area contributed by atoms with E-state index in [9.17, 15) is 9.13 Å². The average Bonchev–Trinajstić information content (AvgIpc) is 1.14. The molecule has 9 heteroatoms. The van der Waals surface area contributed by atoms with Crippen LogP contribution in [0.1, 0.15) is 0 Å². The molecule has 0 unspecified atom stereocenters. The summed E-state index contributed by atoms with van der Waals surface area (Å²) >= 11 is -2.46. The third kappa shape index (κ3) is 8.86. The third-order valence-corrected chi connectivity index (χ3v) is 12.2. The maximum absolute atomic E-state index is 9.90. The van der Waals surface area contributed by atoms with E-state index in [1.807, 2.05) is 0 Å². The molecule has 0 rings (SSSR count). The van der Waals surface area contributed by atoms with Crippen LogP contribution >= 0.6 is 12.3 Å². The zero-order valence-corrected chi connectivity index (χ0v) is 7.89. The minimum absolute atomic E-state index is 2.46. The molecule has 9 heavy (non-hydrogen) atoms. The van der Waals surface area contributed by atoms with E-state index in [1.165, 1.54) is 0 Å². The Morgan fingerprint density at radius 3 is 1.11 bits per heavy atom. The van der Waals surface area contributed by atoms with E-state index in [0.717, 1.165) is 0 Å². The first-order valence-electron chi connectivity index (χ1n) is 1.61. The number of rotatable bonds is 2. The van der Waals surface area contributed by atoms with E-state index in [-0.39, 0.29) is 0 Å². The van der Waals surface area contributed by atoms with E-state index in [0.29, 0.717) is 0 Å². The zero-order valence-electron chi connectivity index (χ0n) is 4.00. The van der Waals surface area contributed by atoms with E-state index in [2.05, 4.69) is 0 Å². The molecule has 6 nitrogen and oxygen atoms in total. The van der Waals surface area contributed by atoms with Crippen LogP contribution in [-0.4, -0.2) is 34.4 Å². The van der Waals surface area contributed by atoms with Gasteiger partial charge in [-0.1, -0.05) is 0 Å². The first-order valence-corrected chi connectivity index (χ1v) is 10.5. The second-order valence-corrected chi connectivity index (χ2v) is 15.3. The molecule has 0 aromatic carbocycles. The first-order chi connectivity index (χ1) is 3.71. The van der Waals surface area contributed by atoms with Crippen LogP contribution in [0.2, 0.25) is 0 Å². The Labute approximate surface area is 56.4 Å². The molecule has 0 saturated heterocycles. The summed E-state index contributed by atoms with van der Waals surface area (Å²) in [5.74, 6) is 0. The molecule has 0 saturated carbocycles. The molecule has 0 radical (unpaired) electrons. The average molecular weight is 238 g/mol. The van der Waals surface area contributed by atoms with E-state index in [4.69, 9.17) is 19.6 Å². The first kappa shape index (κ1) is 9.86. The summed E-state index contributed by atoms with van der Waals surface area (Å²) < 4.78 is 19.8. The molecular formula is H5AsO6P2. The summed E-state index contributed by atoms with van der Waals surface area (Å²) in [5.41, 5.74) is 0. The Morgan fingerprint density at radius 1 is 0.889 bits per heavy atom. The van der Waals surface area contributed by atoms with Gasteiger partial charge in [-0.25, -0.2) is 0 Å². The molecule has 0 heterocycles. The van der Waals surface area contributed by atoms with Crippen molar-refractivity contribution in [1.82, 2.24) is 0 Å². The normalized spacial score (nSPS) is 13.8. The summed E-state index contributed by atoms with van der Waals surface area (Å²) in [6, 6.07) is 0. The van der Waals surface area contributed by atoms with Gasteiger partial charge in [0.25, 0.3) is 0 Å². The van der Waals surface area contributed by atoms with Crippen molar-refractivity contribution in [2.75, 3.05) is 0 Å². The molecular weight excluding hydrogens is 233 g/mol. The van der Waals surface area contributed by atoms with Crippen molar-refractivity contribution in [3.05, 3.63) is 0 Å². The molecule has 0 amide bonds. The van der Waals surface area contributed by atoms with Gasteiger partial charge in [-0.2, -0.15) is 0 Å². The standard InChI is InChI=1S/AsH5O6P2/c2-8(3,4)1-9(5,6)7/h1H,(H2,2,3,4)(H2,5,6,7). The van der Waals surface area contributed by atoms with Crippen molar-refractivity contribution < 1.29 is 28.7 Å². The van der Waals surface area contributed by atoms with Crippen LogP contribution in [-0.2, 0) is 9.13 Å². The predicted molar refractivity (Wildman–Crippen MR) is 31.2 cm³/mol. The van der Waals surface area contributed by atoms with Crippen LogP contribution in [0.4, 0.5) is 0 Å². The van der Waals surface area contributed by atoms with E-state index >= 15 is 0 Å². The summed E-state index contributed by atoms with van der Waals surface area (Å²) in [6.07, 6.45) is -8.85. The topological polar surface area (TPSA) is 115 Å². The fourth-order valence-electron chi connectivity index (χ4n) is 0.170. The van der Waals surface area contributed by atoms with Gasteiger partial charge in [0.2, 0.25) is 0 Å². The molecule has 0 fully saturated rings. The fraction of sp³-hybridized carbons (Fsp3) is 0. The van der Waals surface area contributed by atoms with Crippen LogP contribution in [0, 0.1) is 0 Å². The Morgan fingerprint density at radius 2 is 1.11 bits per heavy atom. The minimum atomic E-state index is -4.43. The van der Waals surface area contributed by atoms with Gasteiger partial charge in [0.05, 0.1) is 0 Å². The summed E-state index contributed by atoms with van der Waals surface area (Å²) in [4.78, 5) is 32.1. The molecule has 0 aromatic rings. The molecule has 4 N–H and O–H groups in total. The Balaban J connectivity index is 4.07. The van der Waals surface area contributed by atoms with Crippen molar-refractivity contribution >= 4 is 27.1 Å². The van der Waals surface area contributed by atoms with Crippen LogP contribution in [0.15, 0.2) is 0 Å². The molecule has 0 aliphatic heterocycles. The number of hydrogen-bond acceptors (Lipinski definition) is 2. The Kier molecular flexibility index (Phi) is 3.12.